The van der Waals surface area contributed by atoms with Gasteiger partial charge in [-0.2, -0.15) is 8.42 Å². The summed E-state index contributed by atoms with van der Waals surface area (Å²) in [6, 6.07) is -3.00. The Balaban J connectivity index is 1.54. The number of thiazole rings is 1. The number of amides is 3. The van der Waals surface area contributed by atoms with Crippen LogP contribution in [0.1, 0.15) is 18.5 Å². The van der Waals surface area contributed by atoms with Crippen LogP contribution in [0.5, 0.6) is 0 Å². The molecule has 19 nitrogen and oxygen atoms in total. The predicted octanol–water partition coefficient (Wildman–Crippen LogP) is -3.34. The summed E-state index contributed by atoms with van der Waals surface area (Å²) in [4.78, 5) is 63.3. The molecule has 1 saturated carbocycles. The van der Waals surface area contributed by atoms with Crippen molar-refractivity contribution in [3.05, 3.63) is 11.1 Å². The van der Waals surface area contributed by atoms with Crippen LogP contribution in [-0.2, 0) is 34.3 Å². The third kappa shape index (κ3) is 5.78. The third-order valence-electron chi connectivity index (χ3n) is 5.92. The average molecular weight is 590 g/mol. The zero-order valence-corrected chi connectivity index (χ0v) is 21.4. The zero-order chi connectivity index (χ0) is 28.7. The lowest BCUT2D eigenvalue weighted by atomic mass is 9.97. The molecule has 21 heteroatoms. The molecule has 2 saturated heterocycles. The first-order chi connectivity index (χ1) is 18.2. The van der Waals surface area contributed by atoms with Gasteiger partial charge < -0.3 is 42.1 Å². The number of carboxylic acids is 1. The zero-order valence-electron chi connectivity index (χ0n) is 19.8. The van der Waals surface area contributed by atoms with E-state index in [1.807, 2.05) is 0 Å². The summed E-state index contributed by atoms with van der Waals surface area (Å²) in [6.07, 6.45) is -1.37. The molecule has 1 aliphatic carbocycles. The Morgan fingerprint density at radius 1 is 1.33 bits per heavy atom. The summed E-state index contributed by atoms with van der Waals surface area (Å²) >= 11 is 0.940. The maximum absolute atomic E-state index is 13.1. The number of nitrogens with one attached hydrogen (secondary N) is 1. The molecule has 3 amide bonds. The summed E-state index contributed by atoms with van der Waals surface area (Å²) in [5, 5.41) is 16.6. The fraction of sp³-hybridized carbons (Fsp3) is 0.500. The van der Waals surface area contributed by atoms with Crippen molar-refractivity contribution in [3.8, 4) is 0 Å². The number of nitrogen functional groups attached to an aromatic ring is 1. The second-order valence-corrected chi connectivity index (χ2v) is 10.9. The number of carboxylic acid groups (broad SMARTS) is 1. The number of cyclic esters (lactones) is 1. The Kier molecular flexibility index (Phi) is 7.23. The summed E-state index contributed by atoms with van der Waals surface area (Å²) in [5.41, 5.74) is 13.9. The monoisotopic (exact) mass is 589 g/mol. The maximum atomic E-state index is 13.1. The Morgan fingerprint density at radius 3 is 2.56 bits per heavy atom. The van der Waals surface area contributed by atoms with E-state index in [0.29, 0.717) is 0 Å². The van der Waals surface area contributed by atoms with Crippen LogP contribution in [0.4, 0.5) is 9.93 Å². The van der Waals surface area contributed by atoms with E-state index in [9.17, 15) is 37.3 Å². The molecular weight excluding hydrogens is 566 g/mol. The lowest BCUT2D eigenvalue weighted by molar-refractivity contribution is -0.153. The van der Waals surface area contributed by atoms with Gasteiger partial charge in [0.1, 0.15) is 17.8 Å². The third-order valence-corrected chi connectivity index (χ3v) is 7.55. The number of oxime groups is 1. The first-order valence-corrected chi connectivity index (χ1v) is 13.3. The number of aliphatic carboxylic acids is 1. The summed E-state index contributed by atoms with van der Waals surface area (Å²) in [7, 11) is -5.08. The normalized spacial score (nSPS) is 24.0. The van der Waals surface area contributed by atoms with Crippen molar-refractivity contribution in [2.45, 2.75) is 36.6 Å². The number of anilines is 1. The lowest BCUT2D eigenvalue weighted by Crippen LogP contribution is -2.74. The van der Waals surface area contributed by atoms with Crippen molar-refractivity contribution in [2.24, 2.45) is 21.6 Å². The van der Waals surface area contributed by atoms with E-state index < -0.39 is 70.2 Å². The van der Waals surface area contributed by atoms with Crippen molar-refractivity contribution in [3.63, 3.8) is 0 Å². The molecular formula is C18H23N9O10S2. The number of hydrogen-bond acceptors (Lipinski definition) is 13. The molecule has 0 radical (unpaired) electrons. The standard InChI is InChI=1S/C18H23N9O10S2/c19-15(20)22-3-7-4-26(17(32)36-7)5-9-11(13(29)27(9)39(33,34)35)24-12(28)10(8-6-38-16(21)23-8)25-37-18(1-2-18)14(30)31/h6-7,9,11H,1-5H2,(H2,21,23)(H,24,28)(H,30,31)(H4,19,20,22)(H,33,34,35)/b25-10-/t7-,9-,11+/m1/s1. The van der Waals surface area contributed by atoms with E-state index in [4.69, 9.17) is 26.8 Å². The number of β-lactam (4-membered cyclic amide) rings is 1. The second-order valence-electron chi connectivity index (χ2n) is 8.71. The smallest absolute Gasteiger partial charge is 0.410 e. The van der Waals surface area contributed by atoms with E-state index >= 15 is 0 Å². The Labute approximate surface area is 223 Å². The molecule has 0 unspecified atom stereocenters. The molecule has 0 spiro atoms. The minimum atomic E-state index is -5.08. The highest BCUT2D eigenvalue weighted by Crippen LogP contribution is 2.40. The molecule has 9 N–H and O–H groups in total. The van der Waals surface area contributed by atoms with Crippen LogP contribution in [-0.4, -0.2) is 111 Å². The van der Waals surface area contributed by atoms with Crippen molar-refractivity contribution in [1.82, 2.24) is 19.5 Å². The maximum Gasteiger partial charge on any atom is 0.410 e. The van der Waals surface area contributed by atoms with E-state index in [1.54, 1.807) is 0 Å². The minimum absolute atomic E-state index is 0.0443. The molecule has 39 heavy (non-hydrogen) atoms. The van der Waals surface area contributed by atoms with Crippen molar-refractivity contribution >= 4 is 62.3 Å². The predicted molar refractivity (Wildman–Crippen MR) is 130 cm³/mol. The Morgan fingerprint density at radius 2 is 2.03 bits per heavy atom. The number of aromatic nitrogens is 1. The molecule has 3 aliphatic rings. The second kappa shape index (κ2) is 10.1. The number of carbonyl (C=O) groups is 4. The molecule has 2 aliphatic heterocycles. The summed E-state index contributed by atoms with van der Waals surface area (Å²) < 4.78 is 38.5. The number of guanidine groups is 1. The first kappa shape index (κ1) is 27.8. The van der Waals surface area contributed by atoms with Gasteiger partial charge in [-0.15, -0.1) is 11.3 Å². The number of carbonyl (C=O) groups excluding carboxylic acids is 3. The van der Waals surface area contributed by atoms with Crippen molar-refractivity contribution in [2.75, 3.05) is 25.4 Å². The number of hydrogen-bond donors (Lipinski definition) is 6. The van der Waals surface area contributed by atoms with Crippen LogP contribution in [0.3, 0.4) is 0 Å². The number of aliphatic imine (C=N–C) groups is 1. The van der Waals surface area contributed by atoms with Crippen LogP contribution in [0.25, 0.3) is 0 Å². The largest absolute Gasteiger partial charge is 0.478 e. The number of rotatable bonds is 11. The highest BCUT2D eigenvalue weighted by atomic mass is 32.2. The van der Waals surface area contributed by atoms with Gasteiger partial charge in [0.05, 0.1) is 19.1 Å². The fourth-order valence-electron chi connectivity index (χ4n) is 3.79. The van der Waals surface area contributed by atoms with Gasteiger partial charge in [-0.1, -0.05) is 5.16 Å². The van der Waals surface area contributed by atoms with Crippen LogP contribution < -0.4 is 22.5 Å². The van der Waals surface area contributed by atoms with Gasteiger partial charge in [0, 0.05) is 24.8 Å². The summed E-state index contributed by atoms with van der Waals surface area (Å²) in [6.45, 7) is -0.636. The van der Waals surface area contributed by atoms with Crippen molar-refractivity contribution in [1.29, 1.82) is 0 Å². The average Bonchev–Trinajstić information content (AvgIpc) is 3.39. The minimum Gasteiger partial charge on any atom is -0.478 e. The Hall–Kier alpha value is -4.24. The topological polar surface area (TPSA) is 296 Å². The van der Waals surface area contributed by atoms with Gasteiger partial charge >= 0.3 is 22.4 Å². The van der Waals surface area contributed by atoms with E-state index in [-0.39, 0.29) is 47.0 Å². The van der Waals surface area contributed by atoms with Crippen LogP contribution in [0, 0.1) is 0 Å². The van der Waals surface area contributed by atoms with Gasteiger partial charge in [0.25, 0.3) is 11.8 Å². The van der Waals surface area contributed by atoms with Crippen LogP contribution in [0.2, 0.25) is 0 Å². The molecule has 1 aromatic rings. The molecule has 0 aromatic carbocycles. The number of ether oxygens (including phenoxy) is 1. The number of nitrogens with zero attached hydrogens (tertiary/aromatic N) is 5. The summed E-state index contributed by atoms with van der Waals surface area (Å²) in [5.74, 6) is -3.83. The quantitative estimate of drug-likeness (QED) is 0.0483. The molecule has 3 atom stereocenters. The molecule has 1 aromatic heterocycles. The van der Waals surface area contributed by atoms with Crippen LogP contribution >= 0.6 is 11.3 Å². The van der Waals surface area contributed by atoms with Gasteiger partial charge in [-0.3, -0.25) is 14.1 Å². The van der Waals surface area contributed by atoms with E-state index in [1.165, 1.54) is 5.38 Å². The fourth-order valence-corrected chi connectivity index (χ4v) is 5.21. The molecule has 3 heterocycles. The lowest BCUT2D eigenvalue weighted by Gasteiger charge is -2.45. The van der Waals surface area contributed by atoms with E-state index in [0.717, 1.165) is 16.2 Å². The highest BCUT2D eigenvalue weighted by molar-refractivity contribution is 7.84. The van der Waals surface area contributed by atoms with Gasteiger partial charge in [-0.05, 0) is 0 Å². The number of nitrogens with two attached hydrogens (primary N) is 3. The molecule has 3 fully saturated rings. The molecule has 0 bridgehead atoms. The molecule has 4 rings (SSSR count). The highest BCUT2D eigenvalue weighted by Gasteiger charge is 2.56. The Bertz CT molecular complexity index is 1370. The SMILES string of the molecule is NC(N)=NC[C@@H]1CN(C[C@@H]2[C@H](NC(=O)/C(=N\OC3(C(=O)O)CC3)c3csc(N)n3)C(=O)N2S(=O)(=O)O)C(=O)O1. The van der Waals surface area contributed by atoms with Crippen LogP contribution in [0.15, 0.2) is 15.5 Å². The van der Waals surface area contributed by atoms with E-state index in [2.05, 4.69) is 20.4 Å². The van der Waals surface area contributed by atoms with Crippen molar-refractivity contribution < 1.29 is 46.8 Å². The van der Waals surface area contributed by atoms with Gasteiger partial charge in [-0.25, -0.2) is 23.9 Å². The first-order valence-electron chi connectivity index (χ1n) is 11.1. The van der Waals surface area contributed by atoms with Gasteiger partial charge in [0.15, 0.2) is 16.8 Å². The van der Waals surface area contributed by atoms with Gasteiger partial charge in [0.2, 0.25) is 5.60 Å². The molecule has 212 valence electrons.